The lowest BCUT2D eigenvalue weighted by atomic mass is 10.1. The highest BCUT2D eigenvalue weighted by Crippen LogP contribution is 2.50. The molecule has 0 saturated heterocycles. The van der Waals surface area contributed by atoms with E-state index in [4.69, 9.17) is 0 Å². The maximum Gasteiger partial charge on any atom is 0.188 e. The minimum atomic E-state index is -0.439. The first-order valence-electron chi connectivity index (χ1n) is 13.2. The molecule has 10 heteroatoms. The van der Waals surface area contributed by atoms with Crippen molar-refractivity contribution in [3.63, 3.8) is 0 Å². The predicted octanol–water partition coefficient (Wildman–Crippen LogP) is 6.72. The zero-order valence-electron chi connectivity index (χ0n) is 22.6. The van der Waals surface area contributed by atoms with Crippen molar-refractivity contribution in [2.45, 2.75) is 13.8 Å². The van der Waals surface area contributed by atoms with E-state index in [1.165, 1.54) is 0 Å². The molecular formula is C30H34N6O4. The topological polar surface area (TPSA) is 137 Å². The summed E-state index contributed by atoms with van der Waals surface area (Å²) >= 11 is 0. The van der Waals surface area contributed by atoms with Gasteiger partial charge in [-0.3, -0.25) is 0 Å². The summed E-state index contributed by atoms with van der Waals surface area (Å²) in [6, 6.07) is 21.9. The summed E-state index contributed by atoms with van der Waals surface area (Å²) < 4.78 is 0. The molecule has 0 fully saturated rings. The van der Waals surface area contributed by atoms with Gasteiger partial charge in [-0.1, -0.05) is 24.3 Å². The Morgan fingerprint density at radius 2 is 0.925 bits per heavy atom. The summed E-state index contributed by atoms with van der Waals surface area (Å²) in [4.78, 5) is 4.08. The van der Waals surface area contributed by atoms with Crippen LogP contribution in [-0.4, -0.2) is 59.8 Å². The minimum absolute atomic E-state index is 0.0656. The monoisotopic (exact) mass is 542 g/mol. The van der Waals surface area contributed by atoms with Gasteiger partial charge >= 0.3 is 0 Å². The van der Waals surface area contributed by atoms with Gasteiger partial charge in [0.1, 0.15) is 11.4 Å². The number of phenolic OH excluding ortho intramolecular Hbond substituents is 2. The van der Waals surface area contributed by atoms with Crippen LogP contribution in [0.1, 0.15) is 13.8 Å². The van der Waals surface area contributed by atoms with Gasteiger partial charge < -0.3 is 30.2 Å². The number of azo groups is 2. The number of aliphatic hydroxyl groups is 2. The van der Waals surface area contributed by atoms with Crippen molar-refractivity contribution >= 4 is 44.9 Å². The number of hydrogen-bond donors (Lipinski definition) is 4. The Balaban J connectivity index is 1.63. The van der Waals surface area contributed by atoms with E-state index in [0.717, 1.165) is 24.5 Å². The smallest absolute Gasteiger partial charge is 0.188 e. The van der Waals surface area contributed by atoms with E-state index in [1.807, 2.05) is 47.9 Å². The number of aliphatic hydroxyl groups excluding tert-OH is 2. The van der Waals surface area contributed by atoms with Crippen molar-refractivity contribution in [3.05, 3.63) is 72.8 Å². The van der Waals surface area contributed by atoms with Gasteiger partial charge in [0.05, 0.1) is 24.6 Å². The van der Waals surface area contributed by atoms with Crippen LogP contribution in [0.25, 0.3) is 10.8 Å². The second-order valence-corrected chi connectivity index (χ2v) is 8.98. The Hall–Kier alpha value is -4.54. The molecule has 0 bridgehead atoms. The molecule has 40 heavy (non-hydrogen) atoms. The SMILES string of the molecule is CCN(CCO)c1ccc(N=Nc2c(O)c(O)c(N=Nc3ccc(N(CC)CCO)cc3)c3ccccc23)cc1. The number of aromatic hydroxyl groups is 2. The molecule has 0 aliphatic carbocycles. The Morgan fingerprint density at radius 1 is 0.550 bits per heavy atom. The van der Waals surface area contributed by atoms with Crippen LogP contribution in [0, 0.1) is 0 Å². The van der Waals surface area contributed by atoms with Crippen LogP contribution in [0.2, 0.25) is 0 Å². The van der Waals surface area contributed by atoms with Gasteiger partial charge in [-0.2, -0.15) is 10.2 Å². The highest BCUT2D eigenvalue weighted by atomic mass is 16.3. The molecule has 4 rings (SSSR count). The van der Waals surface area contributed by atoms with Gasteiger partial charge in [0.2, 0.25) is 0 Å². The number of rotatable bonds is 12. The fourth-order valence-electron chi connectivity index (χ4n) is 4.43. The van der Waals surface area contributed by atoms with E-state index in [0.29, 0.717) is 35.2 Å². The molecule has 0 aliphatic rings. The molecule has 0 heterocycles. The number of fused-ring (bicyclic) bond motifs is 1. The van der Waals surface area contributed by atoms with Crippen molar-refractivity contribution in [2.24, 2.45) is 20.5 Å². The summed E-state index contributed by atoms with van der Waals surface area (Å²) in [5.41, 5.74) is 3.30. The van der Waals surface area contributed by atoms with Crippen molar-refractivity contribution < 1.29 is 20.4 Å². The largest absolute Gasteiger partial charge is 0.503 e. The third kappa shape index (κ3) is 6.36. The molecule has 0 aromatic heterocycles. The number of nitrogens with zero attached hydrogens (tertiary/aromatic N) is 6. The molecule has 4 aromatic carbocycles. The Bertz CT molecular complexity index is 1360. The maximum atomic E-state index is 10.9. The number of benzene rings is 4. The van der Waals surface area contributed by atoms with Crippen LogP contribution < -0.4 is 9.80 Å². The van der Waals surface area contributed by atoms with Crippen LogP contribution in [0.4, 0.5) is 34.1 Å². The van der Waals surface area contributed by atoms with Crippen LogP contribution in [0.15, 0.2) is 93.3 Å². The first kappa shape index (κ1) is 28.5. The van der Waals surface area contributed by atoms with Gasteiger partial charge in [0.25, 0.3) is 0 Å². The summed E-state index contributed by atoms with van der Waals surface area (Å²) in [5, 5.41) is 58.5. The van der Waals surface area contributed by atoms with Crippen LogP contribution in [-0.2, 0) is 0 Å². The summed E-state index contributed by atoms with van der Waals surface area (Å²) in [6.07, 6.45) is 0. The first-order chi connectivity index (χ1) is 19.5. The second kappa shape index (κ2) is 13.5. The summed E-state index contributed by atoms with van der Waals surface area (Å²) in [5.74, 6) is -0.878. The van der Waals surface area contributed by atoms with E-state index in [2.05, 4.69) is 20.5 Å². The van der Waals surface area contributed by atoms with E-state index in [9.17, 15) is 20.4 Å². The Kier molecular flexibility index (Phi) is 9.61. The highest BCUT2D eigenvalue weighted by molar-refractivity contribution is 6.05. The fraction of sp³-hybridized carbons (Fsp3) is 0.267. The lowest BCUT2D eigenvalue weighted by Gasteiger charge is -2.21. The van der Waals surface area contributed by atoms with Crippen molar-refractivity contribution in [1.82, 2.24) is 0 Å². The normalized spacial score (nSPS) is 11.6. The molecule has 4 aromatic rings. The van der Waals surface area contributed by atoms with E-state index in [1.54, 1.807) is 48.5 Å². The molecule has 0 aliphatic heterocycles. The predicted molar refractivity (Wildman–Crippen MR) is 158 cm³/mol. The number of likely N-dealkylation sites (N-methyl/N-ethyl adjacent to an activating group) is 2. The van der Waals surface area contributed by atoms with Gasteiger partial charge in [-0.05, 0) is 62.4 Å². The lowest BCUT2D eigenvalue weighted by molar-refractivity contribution is 0.302. The van der Waals surface area contributed by atoms with Gasteiger partial charge in [-0.25, -0.2) is 0 Å². The molecule has 0 unspecified atom stereocenters. The average molecular weight is 543 g/mol. The van der Waals surface area contributed by atoms with Crippen LogP contribution in [0.3, 0.4) is 0 Å². The summed E-state index contributed by atoms with van der Waals surface area (Å²) in [7, 11) is 0. The zero-order chi connectivity index (χ0) is 28.5. The van der Waals surface area contributed by atoms with Gasteiger partial charge in [0.15, 0.2) is 11.5 Å². The third-order valence-corrected chi connectivity index (χ3v) is 6.57. The molecule has 208 valence electrons. The standard InChI is InChI=1S/C30H34N6O4/c1-3-35(17-19-37)23-13-9-21(10-14-23)31-33-27-25-7-5-6-8-26(25)28(30(40)29(27)39)34-32-22-11-15-24(16-12-22)36(4-2)18-20-38/h5-16,37-40H,3-4,17-20H2,1-2H3. The zero-order valence-corrected chi connectivity index (χ0v) is 22.6. The molecular weight excluding hydrogens is 508 g/mol. The van der Waals surface area contributed by atoms with E-state index >= 15 is 0 Å². The number of hydrogen-bond acceptors (Lipinski definition) is 10. The average Bonchev–Trinajstić information content (AvgIpc) is 2.99. The fourth-order valence-corrected chi connectivity index (χ4v) is 4.43. The number of anilines is 2. The lowest BCUT2D eigenvalue weighted by Crippen LogP contribution is -2.25. The van der Waals surface area contributed by atoms with Gasteiger partial charge in [-0.15, -0.1) is 10.2 Å². The maximum absolute atomic E-state index is 10.9. The molecule has 10 nitrogen and oxygen atoms in total. The Labute approximate surface area is 233 Å². The highest BCUT2D eigenvalue weighted by Gasteiger charge is 2.19. The van der Waals surface area contributed by atoms with Crippen molar-refractivity contribution in [1.29, 1.82) is 0 Å². The van der Waals surface area contributed by atoms with E-state index in [-0.39, 0.29) is 24.6 Å². The second-order valence-electron chi connectivity index (χ2n) is 8.98. The van der Waals surface area contributed by atoms with Crippen molar-refractivity contribution in [2.75, 3.05) is 49.2 Å². The van der Waals surface area contributed by atoms with Crippen LogP contribution >= 0.6 is 0 Å². The first-order valence-corrected chi connectivity index (χ1v) is 13.2. The number of phenols is 2. The molecule has 4 N–H and O–H groups in total. The van der Waals surface area contributed by atoms with E-state index < -0.39 is 11.5 Å². The molecule has 0 spiro atoms. The third-order valence-electron chi connectivity index (χ3n) is 6.57. The Morgan fingerprint density at radius 3 is 1.25 bits per heavy atom. The molecule has 0 atom stereocenters. The van der Waals surface area contributed by atoms with Gasteiger partial charge in [0, 0.05) is 48.3 Å². The molecule has 0 radical (unpaired) electrons. The minimum Gasteiger partial charge on any atom is -0.503 e. The van der Waals surface area contributed by atoms with Crippen LogP contribution in [0.5, 0.6) is 11.5 Å². The molecule has 0 amide bonds. The quantitative estimate of drug-likeness (QED) is 0.116. The molecule has 0 saturated carbocycles. The summed E-state index contributed by atoms with van der Waals surface area (Å²) in [6.45, 7) is 6.76. The van der Waals surface area contributed by atoms with Crippen molar-refractivity contribution in [3.8, 4) is 11.5 Å².